The largest absolute Gasteiger partial charge is 0.323 e. The molecule has 0 aliphatic carbocycles. The average molecular weight is 442 g/mol. The molecule has 31 heavy (non-hydrogen) atoms. The van der Waals surface area contributed by atoms with Gasteiger partial charge in [0.25, 0.3) is 0 Å². The highest BCUT2D eigenvalue weighted by Crippen LogP contribution is 2.55. The third-order valence-electron chi connectivity index (χ3n) is 6.70. The fraction of sp³-hybridized carbons (Fsp3) is 0.348. The molecule has 2 fully saturated rings. The van der Waals surface area contributed by atoms with Crippen molar-refractivity contribution in [3.63, 3.8) is 0 Å². The Kier molecular flexibility index (Phi) is 4.46. The van der Waals surface area contributed by atoms with Crippen molar-refractivity contribution in [1.82, 2.24) is 10.2 Å². The third-order valence-corrected chi connectivity index (χ3v) is 7.01. The molecule has 3 aliphatic heterocycles. The Morgan fingerprint density at radius 2 is 1.81 bits per heavy atom. The van der Waals surface area contributed by atoms with Gasteiger partial charge < -0.3 is 5.32 Å². The second kappa shape index (κ2) is 6.87. The van der Waals surface area contributed by atoms with Crippen LogP contribution in [-0.2, 0) is 26.5 Å². The van der Waals surface area contributed by atoms with Crippen molar-refractivity contribution >= 4 is 35.0 Å². The van der Waals surface area contributed by atoms with E-state index in [9.17, 15) is 18.8 Å². The molecule has 1 spiro atoms. The minimum Gasteiger partial charge on any atom is -0.323 e. The Morgan fingerprint density at radius 1 is 1.10 bits per heavy atom. The van der Waals surface area contributed by atoms with Crippen LogP contribution < -0.4 is 10.6 Å². The fourth-order valence-corrected chi connectivity index (χ4v) is 5.51. The molecular formula is C23H21ClFN3O3. The zero-order chi connectivity index (χ0) is 22.1. The molecule has 3 amide bonds. The molecule has 3 heterocycles. The Morgan fingerprint density at radius 3 is 2.48 bits per heavy atom. The predicted octanol–water partition coefficient (Wildman–Crippen LogP) is 3.06. The van der Waals surface area contributed by atoms with E-state index in [1.54, 1.807) is 30.3 Å². The molecular weight excluding hydrogens is 421 g/mol. The number of benzene rings is 2. The van der Waals surface area contributed by atoms with Crippen LogP contribution in [0, 0.1) is 23.6 Å². The van der Waals surface area contributed by atoms with Crippen molar-refractivity contribution in [2.75, 3.05) is 5.32 Å². The summed E-state index contributed by atoms with van der Waals surface area (Å²) in [6, 6.07) is 10.5. The standard InChI is InChI=1S/C23H21ClFN3O3/c1-11(2)18-16-17(21(30)28(20(16)29)10-12-6-8-13(25)9-7-12)23(27-18)14-4-3-5-15(24)19(14)26-22(23)31/h3-9,11,16-18,27H,10H2,1-2H3,(H,26,31)/t16-,17-,18-,23+/m0/s1. The van der Waals surface area contributed by atoms with Crippen LogP contribution in [0.5, 0.6) is 0 Å². The maximum absolute atomic E-state index is 13.6. The molecule has 0 bridgehead atoms. The third kappa shape index (κ3) is 2.69. The zero-order valence-corrected chi connectivity index (χ0v) is 17.7. The van der Waals surface area contributed by atoms with Crippen molar-refractivity contribution in [2.24, 2.45) is 17.8 Å². The number of hydrogen-bond donors (Lipinski definition) is 2. The highest BCUT2D eigenvalue weighted by molar-refractivity contribution is 6.35. The maximum atomic E-state index is 13.6. The Labute approximate surface area is 183 Å². The van der Waals surface area contributed by atoms with Crippen LogP contribution in [-0.4, -0.2) is 28.7 Å². The minimum absolute atomic E-state index is 0.00503. The van der Waals surface area contributed by atoms with Gasteiger partial charge in [-0.15, -0.1) is 0 Å². The number of nitrogens with one attached hydrogen (secondary N) is 2. The summed E-state index contributed by atoms with van der Waals surface area (Å²) in [7, 11) is 0. The van der Waals surface area contributed by atoms with E-state index in [1.807, 2.05) is 13.8 Å². The minimum atomic E-state index is -1.36. The van der Waals surface area contributed by atoms with Crippen LogP contribution in [0.25, 0.3) is 0 Å². The average Bonchev–Trinajstić information content (AvgIpc) is 3.32. The normalized spacial score (nSPS) is 29.1. The van der Waals surface area contributed by atoms with Gasteiger partial charge in [0.2, 0.25) is 17.7 Å². The molecule has 2 N–H and O–H groups in total. The van der Waals surface area contributed by atoms with E-state index in [-0.39, 0.29) is 36.1 Å². The predicted molar refractivity (Wildman–Crippen MR) is 112 cm³/mol. The highest BCUT2D eigenvalue weighted by Gasteiger charge is 2.70. The van der Waals surface area contributed by atoms with Gasteiger partial charge in [-0.2, -0.15) is 0 Å². The van der Waals surface area contributed by atoms with Crippen molar-refractivity contribution in [1.29, 1.82) is 0 Å². The molecule has 0 aromatic heterocycles. The van der Waals surface area contributed by atoms with Crippen LogP contribution in [0.2, 0.25) is 5.02 Å². The lowest BCUT2D eigenvalue weighted by Gasteiger charge is -2.30. The number of carbonyl (C=O) groups is 3. The monoisotopic (exact) mass is 441 g/mol. The van der Waals surface area contributed by atoms with Crippen LogP contribution >= 0.6 is 11.6 Å². The van der Waals surface area contributed by atoms with Crippen LogP contribution in [0.4, 0.5) is 10.1 Å². The summed E-state index contributed by atoms with van der Waals surface area (Å²) >= 11 is 6.32. The number of carbonyl (C=O) groups excluding carboxylic acids is 3. The SMILES string of the molecule is CC(C)[C@@H]1N[C@@]2(C(=O)Nc3c(Cl)cccc32)[C@@H]2C(=O)N(Cc3ccc(F)cc3)C(=O)[C@@H]21. The van der Waals surface area contributed by atoms with E-state index in [0.29, 0.717) is 21.8 Å². The molecule has 4 atom stereocenters. The Hall–Kier alpha value is -2.77. The van der Waals surface area contributed by atoms with Gasteiger partial charge in [-0.3, -0.25) is 24.6 Å². The van der Waals surface area contributed by atoms with Gasteiger partial charge >= 0.3 is 0 Å². The first-order valence-electron chi connectivity index (χ1n) is 10.2. The first-order valence-corrected chi connectivity index (χ1v) is 10.6. The maximum Gasteiger partial charge on any atom is 0.250 e. The summed E-state index contributed by atoms with van der Waals surface area (Å²) in [6.07, 6.45) is 0. The second-order valence-electron chi connectivity index (χ2n) is 8.73. The molecule has 0 saturated carbocycles. The molecule has 2 aromatic carbocycles. The number of halogens is 2. The lowest BCUT2D eigenvalue weighted by atomic mass is 9.76. The van der Waals surface area contributed by atoms with Crippen LogP contribution in [0.15, 0.2) is 42.5 Å². The van der Waals surface area contributed by atoms with E-state index in [0.717, 1.165) is 0 Å². The van der Waals surface area contributed by atoms with E-state index in [1.165, 1.54) is 17.0 Å². The summed E-state index contributed by atoms with van der Waals surface area (Å²) in [4.78, 5) is 41.6. The van der Waals surface area contributed by atoms with E-state index in [2.05, 4.69) is 10.6 Å². The van der Waals surface area contributed by atoms with Crippen molar-refractivity contribution in [2.45, 2.75) is 32.0 Å². The summed E-state index contributed by atoms with van der Waals surface area (Å²) in [5.41, 5.74) is 0.352. The Balaban J connectivity index is 1.61. The first kappa shape index (κ1) is 20.2. The lowest BCUT2D eigenvalue weighted by molar-refractivity contribution is -0.143. The number of para-hydroxylation sites is 1. The number of anilines is 1. The second-order valence-corrected chi connectivity index (χ2v) is 9.14. The molecule has 5 rings (SSSR count). The van der Waals surface area contributed by atoms with Crippen molar-refractivity contribution in [3.05, 3.63) is 64.4 Å². The molecule has 160 valence electrons. The van der Waals surface area contributed by atoms with Crippen LogP contribution in [0.1, 0.15) is 25.0 Å². The zero-order valence-electron chi connectivity index (χ0n) is 17.0. The number of amides is 3. The fourth-order valence-electron chi connectivity index (χ4n) is 5.29. The van der Waals surface area contributed by atoms with Gasteiger partial charge in [0.05, 0.1) is 29.1 Å². The smallest absolute Gasteiger partial charge is 0.250 e. The highest BCUT2D eigenvalue weighted by atomic mass is 35.5. The van der Waals surface area contributed by atoms with Gasteiger partial charge in [0.15, 0.2) is 0 Å². The van der Waals surface area contributed by atoms with Gasteiger partial charge in [-0.25, -0.2) is 4.39 Å². The molecule has 2 saturated heterocycles. The molecule has 8 heteroatoms. The summed E-state index contributed by atoms with van der Waals surface area (Å²) in [5, 5.41) is 6.57. The number of imide groups is 1. The van der Waals surface area contributed by atoms with E-state index < -0.39 is 23.3 Å². The van der Waals surface area contributed by atoms with Gasteiger partial charge in [-0.1, -0.05) is 49.7 Å². The number of nitrogens with zero attached hydrogens (tertiary/aromatic N) is 1. The molecule has 0 unspecified atom stereocenters. The topological polar surface area (TPSA) is 78.5 Å². The molecule has 6 nitrogen and oxygen atoms in total. The summed E-state index contributed by atoms with van der Waals surface area (Å²) < 4.78 is 13.3. The van der Waals surface area contributed by atoms with Crippen molar-refractivity contribution < 1.29 is 18.8 Å². The number of rotatable bonds is 3. The Bertz CT molecular complexity index is 1120. The molecule has 0 radical (unpaired) electrons. The van der Waals surface area contributed by atoms with Gasteiger partial charge in [0.1, 0.15) is 11.4 Å². The molecule has 3 aliphatic rings. The molecule has 2 aromatic rings. The van der Waals surface area contributed by atoms with Gasteiger partial charge in [-0.05, 0) is 29.7 Å². The van der Waals surface area contributed by atoms with Crippen molar-refractivity contribution in [3.8, 4) is 0 Å². The van der Waals surface area contributed by atoms with E-state index >= 15 is 0 Å². The number of fused-ring (bicyclic) bond motifs is 4. The van der Waals surface area contributed by atoms with Crippen LogP contribution in [0.3, 0.4) is 0 Å². The first-order chi connectivity index (χ1) is 14.8. The summed E-state index contributed by atoms with van der Waals surface area (Å²) in [6.45, 7) is 3.95. The van der Waals surface area contributed by atoms with Gasteiger partial charge in [0, 0.05) is 11.6 Å². The lowest BCUT2D eigenvalue weighted by Crippen LogP contribution is -2.53. The number of hydrogen-bond acceptors (Lipinski definition) is 4. The summed E-state index contributed by atoms with van der Waals surface area (Å²) in [5.74, 6) is -3.04. The quantitative estimate of drug-likeness (QED) is 0.717. The number of likely N-dealkylation sites (tertiary alicyclic amines) is 1. The van der Waals surface area contributed by atoms with E-state index in [4.69, 9.17) is 11.6 Å².